The molecular formula is C30H33N3O4. The van der Waals surface area contributed by atoms with Gasteiger partial charge in [0.05, 0.1) is 11.3 Å². The molecule has 1 heterocycles. The summed E-state index contributed by atoms with van der Waals surface area (Å²) < 4.78 is 0. The molecule has 1 aliphatic rings. The molecule has 7 heteroatoms. The van der Waals surface area contributed by atoms with Crippen LogP contribution < -0.4 is 10.6 Å². The van der Waals surface area contributed by atoms with E-state index in [1.165, 1.54) is 6.07 Å². The fourth-order valence-corrected chi connectivity index (χ4v) is 4.52. The quantitative estimate of drug-likeness (QED) is 0.407. The van der Waals surface area contributed by atoms with Crippen molar-refractivity contribution in [2.75, 3.05) is 23.7 Å². The van der Waals surface area contributed by atoms with Crippen LogP contribution in [0.1, 0.15) is 70.3 Å². The Morgan fingerprint density at radius 2 is 1.62 bits per heavy atom. The molecule has 3 N–H and O–H groups in total. The van der Waals surface area contributed by atoms with Crippen LogP contribution in [0, 0.1) is 0 Å². The zero-order valence-electron chi connectivity index (χ0n) is 21.5. The third-order valence-corrected chi connectivity index (χ3v) is 6.61. The van der Waals surface area contributed by atoms with Crippen LogP contribution in [0.4, 0.5) is 11.4 Å². The number of rotatable bonds is 6. The molecule has 0 aliphatic carbocycles. The Kier molecular flexibility index (Phi) is 7.62. The fourth-order valence-electron chi connectivity index (χ4n) is 4.52. The summed E-state index contributed by atoms with van der Waals surface area (Å²) >= 11 is 0. The number of likely N-dealkylation sites (tertiary alicyclic amines) is 1. The first kappa shape index (κ1) is 25.9. The second kappa shape index (κ2) is 10.9. The fraction of sp³-hybridized carbons (Fsp3) is 0.300. The Morgan fingerprint density at radius 1 is 0.919 bits per heavy atom. The van der Waals surface area contributed by atoms with Gasteiger partial charge in [0.1, 0.15) is 0 Å². The highest BCUT2D eigenvalue weighted by Crippen LogP contribution is 2.26. The molecule has 1 fully saturated rings. The molecule has 0 radical (unpaired) electrons. The van der Waals surface area contributed by atoms with Gasteiger partial charge >= 0.3 is 5.97 Å². The maximum Gasteiger partial charge on any atom is 0.337 e. The van der Waals surface area contributed by atoms with E-state index >= 15 is 0 Å². The number of anilines is 2. The third kappa shape index (κ3) is 6.36. The lowest BCUT2D eigenvalue weighted by Crippen LogP contribution is -2.45. The van der Waals surface area contributed by atoms with Crippen molar-refractivity contribution in [2.24, 2.45) is 0 Å². The molecule has 4 rings (SSSR count). The van der Waals surface area contributed by atoms with Crippen molar-refractivity contribution in [1.82, 2.24) is 4.90 Å². The molecule has 1 atom stereocenters. The maximum atomic E-state index is 12.9. The van der Waals surface area contributed by atoms with E-state index in [9.17, 15) is 19.5 Å². The molecule has 2 amide bonds. The molecule has 0 saturated carbocycles. The first-order chi connectivity index (χ1) is 17.6. The molecule has 3 aromatic rings. The number of aromatic carboxylic acids is 1. The Labute approximate surface area is 217 Å². The van der Waals surface area contributed by atoms with Gasteiger partial charge in [-0.05, 0) is 66.3 Å². The van der Waals surface area contributed by atoms with Gasteiger partial charge in [-0.1, -0.05) is 51.1 Å². The summed E-state index contributed by atoms with van der Waals surface area (Å²) in [5.41, 5.74) is 3.29. The highest BCUT2D eigenvalue weighted by Gasteiger charge is 2.25. The highest BCUT2D eigenvalue weighted by atomic mass is 16.4. The van der Waals surface area contributed by atoms with Crippen LogP contribution in [-0.2, 0) is 5.41 Å². The van der Waals surface area contributed by atoms with Gasteiger partial charge in [-0.25, -0.2) is 4.79 Å². The summed E-state index contributed by atoms with van der Waals surface area (Å²) in [6.07, 6.45) is 1.61. The minimum atomic E-state index is -1.06. The second-order valence-corrected chi connectivity index (χ2v) is 10.4. The summed E-state index contributed by atoms with van der Waals surface area (Å²) in [5.74, 6) is -1.37. The molecule has 37 heavy (non-hydrogen) atoms. The van der Waals surface area contributed by atoms with E-state index in [0.717, 1.165) is 18.4 Å². The molecule has 1 aliphatic heterocycles. The van der Waals surface area contributed by atoms with E-state index in [1.807, 2.05) is 30.3 Å². The van der Waals surface area contributed by atoms with Crippen molar-refractivity contribution in [3.63, 3.8) is 0 Å². The van der Waals surface area contributed by atoms with Crippen LogP contribution in [0.15, 0.2) is 72.8 Å². The Morgan fingerprint density at radius 3 is 2.27 bits per heavy atom. The summed E-state index contributed by atoms with van der Waals surface area (Å²) in [6, 6.07) is 21.2. The second-order valence-electron chi connectivity index (χ2n) is 10.4. The smallest absolute Gasteiger partial charge is 0.337 e. The van der Waals surface area contributed by atoms with Crippen molar-refractivity contribution < 1.29 is 19.5 Å². The Balaban J connectivity index is 1.48. The summed E-state index contributed by atoms with van der Waals surface area (Å²) in [5, 5.41) is 15.9. The molecular weight excluding hydrogens is 466 g/mol. The predicted octanol–water partition coefficient (Wildman–Crippen LogP) is 5.65. The number of benzene rings is 3. The van der Waals surface area contributed by atoms with Gasteiger partial charge in [0.2, 0.25) is 0 Å². The lowest BCUT2D eigenvalue weighted by molar-refractivity contribution is 0.0690. The first-order valence-corrected chi connectivity index (χ1v) is 12.5. The topological polar surface area (TPSA) is 98.7 Å². The molecule has 0 aromatic heterocycles. The molecule has 1 unspecified atom stereocenters. The van der Waals surface area contributed by atoms with E-state index in [4.69, 9.17) is 0 Å². The SMILES string of the molecule is CC(C)(C)c1ccc(C(=O)Nc2ccc(C(=O)O)c(NC3CCCN(C(=O)c4ccccc4)C3)c2)cc1. The number of amides is 2. The zero-order valence-corrected chi connectivity index (χ0v) is 21.5. The summed E-state index contributed by atoms with van der Waals surface area (Å²) in [6.45, 7) is 7.46. The molecule has 0 spiro atoms. The Bertz CT molecular complexity index is 1280. The van der Waals surface area contributed by atoms with Gasteiger partial charge in [0.25, 0.3) is 11.8 Å². The average molecular weight is 500 g/mol. The zero-order chi connectivity index (χ0) is 26.6. The van der Waals surface area contributed by atoms with Gasteiger partial charge < -0.3 is 20.6 Å². The number of hydrogen-bond donors (Lipinski definition) is 3. The number of carboxylic acid groups (broad SMARTS) is 1. The van der Waals surface area contributed by atoms with Crippen LogP contribution in [0.5, 0.6) is 0 Å². The van der Waals surface area contributed by atoms with Crippen molar-refractivity contribution in [3.05, 3.63) is 95.1 Å². The number of carboxylic acids is 1. The lowest BCUT2D eigenvalue weighted by atomic mass is 9.87. The Hall–Kier alpha value is -4.13. The molecule has 0 bridgehead atoms. The molecule has 1 saturated heterocycles. The highest BCUT2D eigenvalue weighted by molar-refractivity contribution is 6.05. The third-order valence-electron chi connectivity index (χ3n) is 6.61. The van der Waals surface area contributed by atoms with Crippen LogP contribution in [-0.4, -0.2) is 46.9 Å². The first-order valence-electron chi connectivity index (χ1n) is 12.5. The van der Waals surface area contributed by atoms with Gasteiger partial charge in [0.15, 0.2) is 0 Å². The number of hydrogen-bond acceptors (Lipinski definition) is 4. The molecule has 192 valence electrons. The minimum absolute atomic E-state index is 0.0113. The van der Waals surface area contributed by atoms with E-state index in [-0.39, 0.29) is 28.8 Å². The standard InChI is InChI=1S/C30H33N3O4/c1-30(2,3)22-13-11-20(12-14-22)27(34)32-23-15-16-25(29(36)37)26(18-23)31-24-10-7-17-33(19-24)28(35)21-8-5-4-6-9-21/h4-6,8-9,11-16,18,24,31H,7,10,17,19H2,1-3H3,(H,32,34)(H,36,37). The summed E-state index contributed by atoms with van der Waals surface area (Å²) in [4.78, 5) is 39.5. The van der Waals surface area contributed by atoms with Crippen molar-refractivity contribution in [2.45, 2.75) is 45.1 Å². The molecule has 3 aromatic carbocycles. The van der Waals surface area contributed by atoms with Crippen LogP contribution in [0.3, 0.4) is 0 Å². The van der Waals surface area contributed by atoms with Gasteiger partial charge in [-0.3, -0.25) is 9.59 Å². The van der Waals surface area contributed by atoms with E-state index in [1.54, 1.807) is 41.3 Å². The number of nitrogens with one attached hydrogen (secondary N) is 2. The van der Waals surface area contributed by atoms with Crippen molar-refractivity contribution in [1.29, 1.82) is 0 Å². The number of carbonyl (C=O) groups is 3. The normalized spacial score (nSPS) is 15.6. The van der Waals surface area contributed by atoms with Gasteiger partial charge in [0, 0.05) is 35.9 Å². The lowest BCUT2D eigenvalue weighted by Gasteiger charge is -2.34. The van der Waals surface area contributed by atoms with Crippen molar-refractivity contribution >= 4 is 29.2 Å². The minimum Gasteiger partial charge on any atom is -0.478 e. The predicted molar refractivity (Wildman–Crippen MR) is 145 cm³/mol. The van der Waals surface area contributed by atoms with Crippen molar-refractivity contribution in [3.8, 4) is 0 Å². The van der Waals surface area contributed by atoms with E-state index < -0.39 is 5.97 Å². The monoisotopic (exact) mass is 499 g/mol. The van der Waals surface area contributed by atoms with Crippen LogP contribution >= 0.6 is 0 Å². The van der Waals surface area contributed by atoms with Gasteiger partial charge in [-0.2, -0.15) is 0 Å². The average Bonchev–Trinajstić information content (AvgIpc) is 2.88. The molecule has 7 nitrogen and oxygen atoms in total. The maximum absolute atomic E-state index is 12.9. The van der Waals surface area contributed by atoms with E-state index in [2.05, 4.69) is 31.4 Å². The van der Waals surface area contributed by atoms with Crippen LogP contribution in [0.25, 0.3) is 0 Å². The summed E-state index contributed by atoms with van der Waals surface area (Å²) in [7, 11) is 0. The largest absolute Gasteiger partial charge is 0.478 e. The van der Waals surface area contributed by atoms with Gasteiger partial charge in [-0.15, -0.1) is 0 Å². The number of carbonyl (C=O) groups excluding carboxylic acids is 2. The number of nitrogens with zero attached hydrogens (tertiary/aromatic N) is 1. The van der Waals surface area contributed by atoms with Crippen LogP contribution in [0.2, 0.25) is 0 Å². The van der Waals surface area contributed by atoms with E-state index in [0.29, 0.717) is 35.6 Å². The number of piperidine rings is 1.